The average molecular weight is 352 g/mol. The molecule has 2 rings (SSSR count). The van der Waals surface area contributed by atoms with Crippen molar-refractivity contribution in [3.63, 3.8) is 0 Å². The lowest BCUT2D eigenvalue weighted by atomic mass is 9.94. The van der Waals surface area contributed by atoms with Gasteiger partial charge < -0.3 is 5.32 Å². The van der Waals surface area contributed by atoms with Gasteiger partial charge in [-0.05, 0) is 54.8 Å². The molecule has 108 valence electrons. The molecule has 1 atom stereocenters. The predicted molar refractivity (Wildman–Crippen MR) is 92.7 cm³/mol. The first-order valence-electron chi connectivity index (χ1n) is 6.97. The fraction of sp³-hybridized carbons (Fsp3) is 0.412. The van der Waals surface area contributed by atoms with Crippen molar-refractivity contribution in [2.24, 2.45) is 0 Å². The van der Waals surface area contributed by atoms with Gasteiger partial charge in [-0.2, -0.15) is 0 Å². The number of rotatable bonds is 5. The number of hydrogen-bond donors (Lipinski definition) is 1. The van der Waals surface area contributed by atoms with Crippen LogP contribution in [0, 0.1) is 0 Å². The molecule has 0 saturated heterocycles. The predicted octanol–water partition coefficient (Wildman–Crippen LogP) is 5.23. The quantitative estimate of drug-likeness (QED) is 0.777. The number of benzene rings is 1. The van der Waals surface area contributed by atoms with Gasteiger partial charge in [0.1, 0.15) is 0 Å². The van der Waals surface area contributed by atoms with Gasteiger partial charge in [-0.15, -0.1) is 11.3 Å². The Kier molecular flexibility index (Phi) is 5.42. The summed E-state index contributed by atoms with van der Waals surface area (Å²) in [5, 5.41) is 5.80. The molecule has 20 heavy (non-hydrogen) atoms. The van der Waals surface area contributed by atoms with E-state index >= 15 is 0 Å². The van der Waals surface area contributed by atoms with Crippen molar-refractivity contribution >= 4 is 27.3 Å². The monoisotopic (exact) mass is 351 g/mol. The molecule has 0 radical (unpaired) electrons. The molecule has 0 aliphatic carbocycles. The molecule has 2 aromatic rings. The molecular weight excluding hydrogens is 330 g/mol. The fourth-order valence-electron chi connectivity index (χ4n) is 2.17. The Hall–Kier alpha value is -0.640. The van der Waals surface area contributed by atoms with E-state index in [1.54, 1.807) is 0 Å². The molecule has 0 aliphatic rings. The van der Waals surface area contributed by atoms with Gasteiger partial charge in [0.15, 0.2) is 0 Å². The van der Waals surface area contributed by atoms with E-state index in [9.17, 15) is 0 Å². The van der Waals surface area contributed by atoms with Gasteiger partial charge in [0.25, 0.3) is 0 Å². The third-order valence-electron chi connectivity index (χ3n) is 3.22. The van der Waals surface area contributed by atoms with Gasteiger partial charge in [0.2, 0.25) is 0 Å². The zero-order valence-corrected chi connectivity index (χ0v) is 14.7. The SMILES string of the molecule is CC(C)(C)NCC(Cc1cc(Br)cs1)c1ccccc1. The molecule has 1 aromatic carbocycles. The van der Waals surface area contributed by atoms with Crippen LogP contribution in [0.2, 0.25) is 0 Å². The summed E-state index contributed by atoms with van der Waals surface area (Å²) < 4.78 is 1.19. The molecule has 1 heterocycles. The minimum Gasteiger partial charge on any atom is -0.311 e. The van der Waals surface area contributed by atoms with Crippen molar-refractivity contribution in [3.05, 3.63) is 56.7 Å². The van der Waals surface area contributed by atoms with Crippen LogP contribution >= 0.6 is 27.3 Å². The second-order valence-electron chi connectivity index (χ2n) is 6.17. The Morgan fingerprint density at radius 1 is 1.20 bits per heavy atom. The van der Waals surface area contributed by atoms with Crippen LogP contribution in [0.5, 0.6) is 0 Å². The number of hydrogen-bond acceptors (Lipinski definition) is 2. The number of thiophene rings is 1. The Bertz CT molecular complexity index is 527. The van der Waals surface area contributed by atoms with E-state index in [0.717, 1.165) is 13.0 Å². The number of halogens is 1. The Balaban J connectivity index is 2.11. The highest BCUT2D eigenvalue weighted by Gasteiger charge is 2.17. The summed E-state index contributed by atoms with van der Waals surface area (Å²) in [6, 6.07) is 13.0. The molecule has 0 saturated carbocycles. The standard InChI is InChI=1S/C17H22BrNS/c1-17(2,3)19-11-14(13-7-5-4-6-8-13)9-16-10-15(18)12-20-16/h4-8,10,12,14,19H,9,11H2,1-3H3. The van der Waals surface area contributed by atoms with Gasteiger partial charge in [-0.1, -0.05) is 30.3 Å². The summed E-state index contributed by atoms with van der Waals surface area (Å²) >= 11 is 5.38. The largest absolute Gasteiger partial charge is 0.311 e. The second-order valence-corrected chi connectivity index (χ2v) is 8.09. The van der Waals surface area contributed by atoms with Gasteiger partial charge in [-0.3, -0.25) is 0 Å². The maximum Gasteiger partial charge on any atom is 0.0285 e. The zero-order chi connectivity index (χ0) is 14.6. The van der Waals surface area contributed by atoms with Crippen LogP contribution < -0.4 is 5.32 Å². The van der Waals surface area contributed by atoms with E-state index in [1.807, 2.05) is 11.3 Å². The van der Waals surface area contributed by atoms with Crippen LogP contribution in [0.25, 0.3) is 0 Å². The van der Waals surface area contributed by atoms with E-state index in [4.69, 9.17) is 0 Å². The van der Waals surface area contributed by atoms with Gasteiger partial charge >= 0.3 is 0 Å². The van der Waals surface area contributed by atoms with Crippen molar-refractivity contribution in [2.45, 2.75) is 38.6 Å². The van der Waals surface area contributed by atoms with Gasteiger partial charge in [0, 0.05) is 32.7 Å². The van der Waals surface area contributed by atoms with Crippen LogP contribution in [-0.4, -0.2) is 12.1 Å². The van der Waals surface area contributed by atoms with E-state index in [1.165, 1.54) is 14.9 Å². The summed E-state index contributed by atoms with van der Waals surface area (Å²) in [5.74, 6) is 0.515. The van der Waals surface area contributed by atoms with Crippen LogP contribution in [0.4, 0.5) is 0 Å². The third-order valence-corrected chi connectivity index (χ3v) is 4.94. The molecule has 3 heteroatoms. The van der Waals surface area contributed by atoms with Crippen molar-refractivity contribution in [3.8, 4) is 0 Å². The lowest BCUT2D eigenvalue weighted by Gasteiger charge is -2.25. The Morgan fingerprint density at radius 3 is 2.45 bits per heavy atom. The summed E-state index contributed by atoms with van der Waals surface area (Å²) in [5.41, 5.74) is 1.57. The Labute approximate surface area is 134 Å². The molecule has 0 aliphatic heterocycles. The topological polar surface area (TPSA) is 12.0 Å². The number of nitrogens with one attached hydrogen (secondary N) is 1. The van der Waals surface area contributed by atoms with Crippen molar-refractivity contribution in [1.82, 2.24) is 5.32 Å². The summed E-state index contributed by atoms with van der Waals surface area (Å²) in [7, 11) is 0. The maximum absolute atomic E-state index is 3.64. The first-order valence-corrected chi connectivity index (χ1v) is 8.64. The normalized spacial score (nSPS) is 13.4. The molecule has 1 N–H and O–H groups in total. The molecule has 1 nitrogen and oxygen atoms in total. The first-order chi connectivity index (χ1) is 9.44. The van der Waals surface area contributed by atoms with Gasteiger partial charge in [0.05, 0.1) is 0 Å². The third kappa shape index (κ3) is 5.04. The summed E-state index contributed by atoms with van der Waals surface area (Å²) in [6.45, 7) is 7.66. The Morgan fingerprint density at radius 2 is 1.90 bits per heavy atom. The lowest BCUT2D eigenvalue weighted by molar-refractivity contribution is 0.405. The van der Waals surface area contributed by atoms with E-state index in [-0.39, 0.29) is 5.54 Å². The first kappa shape index (κ1) is 15.7. The smallest absolute Gasteiger partial charge is 0.0285 e. The molecule has 0 spiro atoms. The van der Waals surface area contributed by atoms with Crippen LogP contribution in [0.3, 0.4) is 0 Å². The van der Waals surface area contributed by atoms with Crippen LogP contribution in [0.15, 0.2) is 46.3 Å². The van der Waals surface area contributed by atoms with Crippen molar-refractivity contribution in [2.75, 3.05) is 6.54 Å². The summed E-state index contributed by atoms with van der Waals surface area (Å²) in [6.07, 6.45) is 1.09. The van der Waals surface area contributed by atoms with Crippen molar-refractivity contribution in [1.29, 1.82) is 0 Å². The van der Waals surface area contributed by atoms with Crippen LogP contribution in [0.1, 0.15) is 37.1 Å². The molecule has 0 bridgehead atoms. The highest BCUT2D eigenvalue weighted by atomic mass is 79.9. The average Bonchev–Trinajstić information content (AvgIpc) is 2.80. The fourth-order valence-corrected chi connectivity index (χ4v) is 3.70. The zero-order valence-electron chi connectivity index (χ0n) is 12.3. The molecule has 1 aromatic heterocycles. The summed E-state index contributed by atoms with van der Waals surface area (Å²) in [4.78, 5) is 1.43. The second kappa shape index (κ2) is 6.88. The highest BCUT2D eigenvalue weighted by Crippen LogP contribution is 2.27. The lowest BCUT2D eigenvalue weighted by Crippen LogP contribution is -2.38. The molecule has 0 fully saturated rings. The van der Waals surface area contributed by atoms with Gasteiger partial charge in [-0.25, -0.2) is 0 Å². The highest BCUT2D eigenvalue weighted by molar-refractivity contribution is 9.10. The molecule has 0 amide bonds. The van der Waals surface area contributed by atoms with E-state index in [2.05, 4.69) is 83.8 Å². The maximum atomic E-state index is 3.64. The molecule has 1 unspecified atom stereocenters. The van der Waals surface area contributed by atoms with Crippen molar-refractivity contribution < 1.29 is 0 Å². The van der Waals surface area contributed by atoms with E-state index in [0.29, 0.717) is 5.92 Å². The van der Waals surface area contributed by atoms with Crippen LogP contribution in [-0.2, 0) is 6.42 Å². The minimum atomic E-state index is 0.156. The minimum absolute atomic E-state index is 0.156. The van der Waals surface area contributed by atoms with E-state index < -0.39 is 0 Å². The molecular formula is C17H22BrNS.